The zero-order chi connectivity index (χ0) is 20.9. The lowest BCUT2D eigenvalue weighted by Crippen LogP contribution is -2.41. The van der Waals surface area contributed by atoms with Crippen molar-refractivity contribution in [1.29, 1.82) is 0 Å². The summed E-state index contributed by atoms with van der Waals surface area (Å²) in [7, 11) is 0. The third-order valence-electron chi connectivity index (χ3n) is 6.30. The van der Waals surface area contributed by atoms with Gasteiger partial charge in [-0.2, -0.15) is 5.10 Å². The van der Waals surface area contributed by atoms with E-state index in [1.54, 1.807) is 0 Å². The number of aromatic nitrogens is 2. The molecule has 6 nitrogen and oxygen atoms in total. The third-order valence-corrected chi connectivity index (χ3v) is 6.30. The topological polar surface area (TPSA) is 50.6 Å². The number of carbonyl (C=O) groups excluding carboxylic acids is 1. The van der Waals surface area contributed by atoms with Gasteiger partial charge in [0.05, 0.1) is 24.6 Å². The minimum absolute atomic E-state index is 0.299. The van der Waals surface area contributed by atoms with Crippen LogP contribution in [0.5, 0.6) is 0 Å². The van der Waals surface area contributed by atoms with E-state index in [9.17, 15) is 4.79 Å². The van der Waals surface area contributed by atoms with E-state index >= 15 is 0 Å². The van der Waals surface area contributed by atoms with E-state index in [2.05, 4.69) is 47.3 Å². The molecule has 1 atom stereocenters. The smallest absolute Gasteiger partial charge is 0.222 e. The van der Waals surface area contributed by atoms with Crippen molar-refractivity contribution < 1.29 is 9.53 Å². The van der Waals surface area contributed by atoms with Crippen LogP contribution < -0.4 is 0 Å². The molecule has 1 aromatic heterocycles. The fourth-order valence-electron chi connectivity index (χ4n) is 4.76. The zero-order valence-electron chi connectivity index (χ0n) is 18.3. The van der Waals surface area contributed by atoms with E-state index in [1.165, 1.54) is 18.4 Å². The van der Waals surface area contributed by atoms with Crippen LogP contribution in [0, 0.1) is 19.8 Å². The number of rotatable bonds is 6. The van der Waals surface area contributed by atoms with Crippen LogP contribution in [0.2, 0.25) is 0 Å². The van der Waals surface area contributed by atoms with Gasteiger partial charge in [0.2, 0.25) is 5.91 Å². The second kappa shape index (κ2) is 9.75. The molecule has 0 N–H and O–H groups in total. The second-order valence-electron chi connectivity index (χ2n) is 8.78. The minimum Gasteiger partial charge on any atom is -0.378 e. The van der Waals surface area contributed by atoms with Crippen molar-refractivity contribution in [3.05, 3.63) is 47.3 Å². The fraction of sp³-hybridized carbons (Fsp3) is 0.583. The van der Waals surface area contributed by atoms with Crippen LogP contribution >= 0.6 is 0 Å². The molecule has 0 spiro atoms. The maximum atomic E-state index is 12.5. The normalized spacial score (nSPS) is 20.5. The Morgan fingerprint density at radius 2 is 2.00 bits per heavy atom. The van der Waals surface area contributed by atoms with E-state index in [0.29, 0.717) is 31.5 Å². The molecule has 1 aromatic carbocycles. The van der Waals surface area contributed by atoms with E-state index in [-0.39, 0.29) is 0 Å². The quantitative estimate of drug-likeness (QED) is 0.733. The van der Waals surface area contributed by atoms with Crippen LogP contribution in [-0.2, 0) is 16.1 Å². The molecule has 4 rings (SSSR count). The number of amides is 1. The van der Waals surface area contributed by atoms with Gasteiger partial charge in [-0.1, -0.05) is 12.1 Å². The van der Waals surface area contributed by atoms with Crippen molar-refractivity contribution >= 4 is 5.91 Å². The molecule has 2 fully saturated rings. The first-order chi connectivity index (χ1) is 14.6. The van der Waals surface area contributed by atoms with Crippen LogP contribution in [0.1, 0.15) is 42.6 Å². The number of likely N-dealkylation sites (tertiary alicyclic amines) is 1. The average Bonchev–Trinajstić information content (AvgIpc) is 3.11. The number of piperidine rings is 1. The number of nitrogens with zero attached hydrogens (tertiary/aromatic N) is 4. The van der Waals surface area contributed by atoms with Gasteiger partial charge < -0.3 is 9.64 Å². The monoisotopic (exact) mass is 410 g/mol. The zero-order valence-corrected chi connectivity index (χ0v) is 18.3. The average molecular weight is 411 g/mol. The Labute approximate surface area is 179 Å². The molecule has 1 amide bonds. The summed E-state index contributed by atoms with van der Waals surface area (Å²) in [5.74, 6) is 0.913. The summed E-state index contributed by atoms with van der Waals surface area (Å²) < 4.78 is 7.38. The minimum atomic E-state index is 0.299. The Bertz CT molecular complexity index is 857. The number of carbonyl (C=O) groups is 1. The van der Waals surface area contributed by atoms with E-state index in [0.717, 1.165) is 56.2 Å². The Kier molecular flexibility index (Phi) is 6.85. The summed E-state index contributed by atoms with van der Waals surface area (Å²) in [6.07, 6.45) is 4.12. The van der Waals surface area contributed by atoms with Gasteiger partial charge in [-0.15, -0.1) is 0 Å². The largest absolute Gasteiger partial charge is 0.378 e. The number of ether oxygens (including phenoxy) is 1. The second-order valence-corrected chi connectivity index (χ2v) is 8.78. The van der Waals surface area contributed by atoms with Gasteiger partial charge in [0.15, 0.2) is 0 Å². The molecular formula is C24H34N4O2. The van der Waals surface area contributed by atoms with Gasteiger partial charge >= 0.3 is 0 Å². The lowest BCUT2D eigenvalue weighted by atomic mass is 9.92. The molecule has 2 aromatic rings. The van der Waals surface area contributed by atoms with Crippen molar-refractivity contribution in [1.82, 2.24) is 19.6 Å². The summed E-state index contributed by atoms with van der Waals surface area (Å²) in [5, 5.41) is 4.62. The molecule has 1 unspecified atom stereocenters. The van der Waals surface area contributed by atoms with Crippen LogP contribution in [0.4, 0.5) is 0 Å². The summed E-state index contributed by atoms with van der Waals surface area (Å²) >= 11 is 0. The highest BCUT2D eigenvalue weighted by Gasteiger charge is 2.23. The molecule has 6 heteroatoms. The van der Waals surface area contributed by atoms with E-state index in [4.69, 9.17) is 4.74 Å². The summed E-state index contributed by atoms with van der Waals surface area (Å²) in [6.45, 7) is 10.2. The van der Waals surface area contributed by atoms with Crippen molar-refractivity contribution in [2.45, 2.75) is 46.1 Å². The van der Waals surface area contributed by atoms with Crippen molar-refractivity contribution in [3.63, 3.8) is 0 Å². The maximum Gasteiger partial charge on any atom is 0.222 e. The molecule has 0 bridgehead atoms. The molecule has 3 heterocycles. The summed E-state index contributed by atoms with van der Waals surface area (Å²) in [6, 6.07) is 10.8. The predicted octanol–water partition coefficient (Wildman–Crippen LogP) is 3.34. The first-order valence-electron chi connectivity index (χ1n) is 11.3. The molecule has 2 aliphatic rings. The molecule has 0 saturated carbocycles. The Balaban J connectivity index is 1.31. The molecule has 162 valence electrons. The van der Waals surface area contributed by atoms with Crippen molar-refractivity contribution in [2.75, 3.05) is 39.4 Å². The van der Waals surface area contributed by atoms with Crippen LogP contribution in [0.15, 0.2) is 30.3 Å². The van der Waals surface area contributed by atoms with Crippen molar-refractivity contribution in [3.8, 4) is 5.69 Å². The Morgan fingerprint density at radius 1 is 1.17 bits per heavy atom. The standard InChI is InChI=1S/C24H34N4O2/c1-19-15-20(2)28(25-19)23-7-3-5-22(16-23)18-26-10-4-6-21(17-26)8-9-24(29)27-11-13-30-14-12-27/h3,5,7,15-16,21H,4,6,8-14,17-18H2,1-2H3. The van der Waals surface area contributed by atoms with Crippen LogP contribution in [0.25, 0.3) is 5.69 Å². The summed E-state index contributed by atoms with van der Waals surface area (Å²) in [4.78, 5) is 17.0. The van der Waals surface area contributed by atoms with Crippen LogP contribution in [0.3, 0.4) is 0 Å². The summed E-state index contributed by atoms with van der Waals surface area (Å²) in [5.41, 5.74) is 4.66. The van der Waals surface area contributed by atoms with Gasteiger partial charge in [-0.05, 0) is 69.3 Å². The lowest BCUT2D eigenvalue weighted by molar-refractivity contribution is -0.135. The maximum absolute atomic E-state index is 12.5. The lowest BCUT2D eigenvalue weighted by Gasteiger charge is -2.33. The van der Waals surface area contributed by atoms with Gasteiger partial charge in [-0.3, -0.25) is 9.69 Å². The van der Waals surface area contributed by atoms with Gasteiger partial charge in [0.1, 0.15) is 0 Å². The number of hydrogen-bond donors (Lipinski definition) is 0. The van der Waals surface area contributed by atoms with Gasteiger partial charge in [-0.25, -0.2) is 4.68 Å². The highest BCUT2D eigenvalue weighted by molar-refractivity contribution is 5.76. The third kappa shape index (κ3) is 5.29. The van der Waals surface area contributed by atoms with E-state index < -0.39 is 0 Å². The number of hydrogen-bond acceptors (Lipinski definition) is 4. The van der Waals surface area contributed by atoms with Crippen molar-refractivity contribution in [2.24, 2.45) is 5.92 Å². The molecule has 30 heavy (non-hydrogen) atoms. The molecule has 2 saturated heterocycles. The Morgan fingerprint density at radius 3 is 2.77 bits per heavy atom. The van der Waals surface area contributed by atoms with E-state index in [1.807, 2.05) is 16.5 Å². The highest BCUT2D eigenvalue weighted by atomic mass is 16.5. The first kappa shape index (κ1) is 21.1. The first-order valence-corrected chi connectivity index (χ1v) is 11.3. The van der Waals surface area contributed by atoms with Crippen LogP contribution in [-0.4, -0.2) is 64.9 Å². The SMILES string of the molecule is Cc1cc(C)n(-c2cccc(CN3CCCC(CCC(=O)N4CCOCC4)C3)c2)n1. The number of benzene rings is 1. The molecule has 0 aliphatic carbocycles. The molecule has 0 radical (unpaired) electrons. The molecule has 2 aliphatic heterocycles. The predicted molar refractivity (Wildman–Crippen MR) is 118 cm³/mol. The van der Waals surface area contributed by atoms with Gasteiger partial charge in [0.25, 0.3) is 0 Å². The highest BCUT2D eigenvalue weighted by Crippen LogP contribution is 2.24. The Hall–Kier alpha value is -2.18. The number of morpholine rings is 1. The fourth-order valence-corrected chi connectivity index (χ4v) is 4.76. The van der Waals surface area contributed by atoms with Gasteiger partial charge in [0, 0.05) is 38.3 Å². The molecular weight excluding hydrogens is 376 g/mol. The number of aryl methyl sites for hydroxylation is 2.